The lowest BCUT2D eigenvalue weighted by Gasteiger charge is -2.21. The Hall–Kier alpha value is -2.95. The Morgan fingerprint density at radius 1 is 1.19 bits per heavy atom. The Kier molecular flexibility index (Phi) is 5.13. The molecule has 0 saturated carbocycles. The Morgan fingerprint density at radius 2 is 1.85 bits per heavy atom. The first-order valence-electron chi connectivity index (χ1n) is 7.83. The van der Waals surface area contributed by atoms with Gasteiger partial charge in [-0.3, -0.25) is 14.5 Å². The fourth-order valence-electron chi connectivity index (χ4n) is 2.63. The smallest absolute Gasteiger partial charge is 0.326 e. The minimum absolute atomic E-state index is 0.0191. The standard InChI is InChI=1S/C18H14IN3O5/c1-9(18(26)27)22-14-7-4-11(19)8-13(14)15(17(22)25)20-21-16(24)10-2-5-12(23)6-3-10/h2-9,23H,1H3,(H,21,24)(H,26,27)/b20-15-. The third-order valence-corrected chi connectivity index (χ3v) is 4.71. The van der Waals surface area contributed by atoms with Gasteiger partial charge < -0.3 is 10.2 Å². The molecule has 2 aromatic rings. The number of carboxylic acid groups (broad SMARTS) is 1. The molecule has 0 spiro atoms. The van der Waals surface area contributed by atoms with Crippen LogP contribution in [0.1, 0.15) is 22.8 Å². The summed E-state index contributed by atoms with van der Waals surface area (Å²) in [6.07, 6.45) is 0. The molecule has 27 heavy (non-hydrogen) atoms. The predicted octanol–water partition coefficient (Wildman–Crippen LogP) is 1.95. The molecule has 3 rings (SSSR count). The summed E-state index contributed by atoms with van der Waals surface area (Å²) in [6.45, 7) is 1.40. The van der Waals surface area contributed by atoms with Crippen molar-refractivity contribution < 1.29 is 24.6 Å². The molecule has 0 fully saturated rings. The average molecular weight is 479 g/mol. The molecule has 2 aromatic carbocycles. The number of aliphatic carboxylic acids is 1. The largest absolute Gasteiger partial charge is 0.508 e. The molecule has 1 aliphatic rings. The summed E-state index contributed by atoms with van der Waals surface area (Å²) in [4.78, 5) is 37.5. The molecule has 0 radical (unpaired) electrons. The van der Waals surface area contributed by atoms with Crippen molar-refractivity contribution in [1.82, 2.24) is 5.43 Å². The van der Waals surface area contributed by atoms with E-state index in [0.717, 1.165) is 8.47 Å². The number of fused-ring (bicyclic) bond motifs is 1. The third kappa shape index (κ3) is 3.63. The minimum atomic E-state index is -1.15. The van der Waals surface area contributed by atoms with E-state index in [1.165, 1.54) is 31.2 Å². The summed E-state index contributed by atoms with van der Waals surface area (Å²) in [5.74, 6) is -2.30. The molecule has 8 nitrogen and oxygen atoms in total. The number of anilines is 1. The number of nitrogens with zero attached hydrogens (tertiary/aromatic N) is 2. The summed E-state index contributed by atoms with van der Waals surface area (Å²) in [6, 6.07) is 9.57. The maximum Gasteiger partial charge on any atom is 0.326 e. The summed E-state index contributed by atoms with van der Waals surface area (Å²) in [7, 11) is 0. The number of hydrogen-bond acceptors (Lipinski definition) is 5. The van der Waals surface area contributed by atoms with Gasteiger partial charge in [0.15, 0.2) is 5.71 Å². The highest BCUT2D eigenvalue weighted by atomic mass is 127. The fourth-order valence-corrected chi connectivity index (χ4v) is 3.12. The van der Waals surface area contributed by atoms with E-state index in [1.807, 2.05) is 0 Å². The topological polar surface area (TPSA) is 119 Å². The molecule has 1 aliphatic heterocycles. The van der Waals surface area contributed by atoms with Crippen LogP contribution in [-0.4, -0.2) is 39.8 Å². The molecule has 0 aliphatic carbocycles. The number of carboxylic acids is 1. The molecule has 9 heteroatoms. The summed E-state index contributed by atoms with van der Waals surface area (Å²) >= 11 is 2.07. The van der Waals surface area contributed by atoms with Crippen molar-refractivity contribution >= 4 is 51.8 Å². The van der Waals surface area contributed by atoms with Crippen LogP contribution in [0.2, 0.25) is 0 Å². The first-order valence-corrected chi connectivity index (χ1v) is 8.91. The van der Waals surface area contributed by atoms with Crippen LogP contribution in [0, 0.1) is 3.57 Å². The molecule has 1 heterocycles. The van der Waals surface area contributed by atoms with E-state index >= 15 is 0 Å². The van der Waals surface area contributed by atoms with Gasteiger partial charge >= 0.3 is 5.97 Å². The van der Waals surface area contributed by atoms with Crippen LogP contribution in [0.5, 0.6) is 5.75 Å². The van der Waals surface area contributed by atoms with E-state index in [9.17, 15) is 24.6 Å². The van der Waals surface area contributed by atoms with Gasteiger partial charge in [0, 0.05) is 14.7 Å². The zero-order chi connectivity index (χ0) is 19.7. The number of phenolic OH excluding ortho intramolecular Hbond substituents is 1. The summed E-state index contributed by atoms with van der Waals surface area (Å²) in [5.41, 5.74) is 3.40. The van der Waals surface area contributed by atoms with E-state index in [-0.39, 0.29) is 17.0 Å². The molecule has 0 bridgehead atoms. The van der Waals surface area contributed by atoms with Gasteiger partial charge in [-0.15, -0.1) is 0 Å². The van der Waals surface area contributed by atoms with Crippen molar-refractivity contribution in [2.45, 2.75) is 13.0 Å². The monoisotopic (exact) mass is 479 g/mol. The highest BCUT2D eigenvalue weighted by Gasteiger charge is 2.39. The molecule has 0 saturated heterocycles. The lowest BCUT2D eigenvalue weighted by atomic mass is 10.1. The molecular weight excluding hydrogens is 465 g/mol. The van der Waals surface area contributed by atoms with Crippen molar-refractivity contribution in [2.24, 2.45) is 5.10 Å². The molecular formula is C18H14IN3O5. The van der Waals surface area contributed by atoms with Crippen molar-refractivity contribution in [1.29, 1.82) is 0 Å². The SMILES string of the molecule is CC(C(=O)O)N1C(=O)/C(=N\NC(=O)c2ccc(O)cc2)c2cc(I)ccc21. The maximum atomic E-state index is 12.8. The van der Waals surface area contributed by atoms with Gasteiger partial charge in [0.2, 0.25) is 0 Å². The van der Waals surface area contributed by atoms with Gasteiger partial charge in [0.05, 0.1) is 5.69 Å². The molecule has 3 N–H and O–H groups in total. The van der Waals surface area contributed by atoms with Gasteiger partial charge in [-0.2, -0.15) is 5.10 Å². The van der Waals surface area contributed by atoms with Crippen LogP contribution in [-0.2, 0) is 9.59 Å². The van der Waals surface area contributed by atoms with Crippen LogP contribution in [0.4, 0.5) is 5.69 Å². The second-order valence-corrected chi connectivity index (χ2v) is 7.04. The Labute approximate surface area is 167 Å². The molecule has 1 atom stereocenters. The van der Waals surface area contributed by atoms with Crippen molar-refractivity contribution in [3.05, 3.63) is 57.2 Å². The van der Waals surface area contributed by atoms with Gasteiger partial charge in [0.25, 0.3) is 11.8 Å². The predicted molar refractivity (Wildman–Crippen MR) is 106 cm³/mol. The first kappa shape index (κ1) is 18.8. The maximum absolute atomic E-state index is 12.8. The second kappa shape index (κ2) is 7.35. The van der Waals surface area contributed by atoms with E-state index in [4.69, 9.17) is 0 Å². The number of halogens is 1. The van der Waals surface area contributed by atoms with Crippen molar-refractivity contribution in [3.8, 4) is 5.75 Å². The van der Waals surface area contributed by atoms with Crippen LogP contribution in [0.25, 0.3) is 0 Å². The number of carbonyl (C=O) groups excluding carboxylic acids is 2. The fraction of sp³-hybridized carbons (Fsp3) is 0.111. The van der Waals surface area contributed by atoms with Crippen LogP contribution < -0.4 is 10.3 Å². The van der Waals surface area contributed by atoms with E-state index in [2.05, 4.69) is 33.1 Å². The van der Waals surface area contributed by atoms with Gasteiger partial charge in [-0.05, 0) is 72.0 Å². The summed E-state index contributed by atoms with van der Waals surface area (Å²) in [5, 5.41) is 22.5. The third-order valence-electron chi connectivity index (χ3n) is 4.04. The quantitative estimate of drug-likeness (QED) is 0.458. The van der Waals surface area contributed by atoms with E-state index < -0.39 is 23.8 Å². The highest BCUT2D eigenvalue weighted by molar-refractivity contribution is 14.1. The normalized spacial score (nSPS) is 15.6. The zero-order valence-electron chi connectivity index (χ0n) is 14.0. The number of phenols is 1. The van der Waals surface area contributed by atoms with Crippen LogP contribution in [0.15, 0.2) is 47.6 Å². The number of nitrogens with one attached hydrogen (secondary N) is 1. The number of carbonyl (C=O) groups is 3. The molecule has 1 unspecified atom stereocenters. The van der Waals surface area contributed by atoms with E-state index in [0.29, 0.717) is 11.3 Å². The van der Waals surface area contributed by atoms with Crippen LogP contribution in [0.3, 0.4) is 0 Å². The lowest BCUT2D eigenvalue weighted by Crippen LogP contribution is -2.43. The van der Waals surface area contributed by atoms with Crippen LogP contribution >= 0.6 is 22.6 Å². The number of hydrogen-bond donors (Lipinski definition) is 3. The van der Waals surface area contributed by atoms with Gasteiger partial charge in [-0.25, -0.2) is 10.2 Å². The number of benzene rings is 2. The molecule has 138 valence electrons. The second-order valence-electron chi connectivity index (χ2n) is 5.80. The number of hydrazone groups is 1. The van der Waals surface area contributed by atoms with Crippen molar-refractivity contribution in [2.75, 3.05) is 4.90 Å². The number of rotatable bonds is 4. The Morgan fingerprint density at radius 3 is 2.48 bits per heavy atom. The first-order chi connectivity index (χ1) is 12.8. The minimum Gasteiger partial charge on any atom is -0.508 e. The van der Waals surface area contributed by atoms with E-state index in [1.54, 1.807) is 18.2 Å². The zero-order valence-corrected chi connectivity index (χ0v) is 16.2. The molecule has 2 amide bonds. The Bertz CT molecular complexity index is 971. The number of aromatic hydroxyl groups is 1. The summed E-state index contributed by atoms with van der Waals surface area (Å²) < 4.78 is 0.835. The van der Waals surface area contributed by atoms with Gasteiger partial charge in [0.1, 0.15) is 11.8 Å². The van der Waals surface area contributed by atoms with Gasteiger partial charge in [-0.1, -0.05) is 0 Å². The molecule has 0 aromatic heterocycles. The van der Waals surface area contributed by atoms with Crippen molar-refractivity contribution in [3.63, 3.8) is 0 Å². The highest BCUT2D eigenvalue weighted by Crippen LogP contribution is 2.32. The Balaban J connectivity index is 1.95. The number of amides is 2. The lowest BCUT2D eigenvalue weighted by molar-refractivity contribution is -0.139. The average Bonchev–Trinajstić information content (AvgIpc) is 2.90.